The second-order valence-corrected chi connectivity index (χ2v) is 7.48. The summed E-state index contributed by atoms with van der Waals surface area (Å²) in [6, 6.07) is 11.0. The van der Waals surface area contributed by atoms with E-state index in [4.69, 9.17) is 11.6 Å². The summed E-state index contributed by atoms with van der Waals surface area (Å²) >= 11 is 7.91. The maximum Gasteiger partial charge on any atom is 0.252 e. The highest BCUT2D eigenvalue weighted by Gasteiger charge is 2.11. The van der Waals surface area contributed by atoms with Gasteiger partial charge in [-0.3, -0.25) is 4.79 Å². The van der Waals surface area contributed by atoms with E-state index < -0.39 is 0 Å². The molecular weight excluding hydrogens is 382 g/mol. The van der Waals surface area contributed by atoms with Gasteiger partial charge in [-0.1, -0.05) is 17.7 Å². The van der Waals surface area contributed by atoms with Gasteiger partial charge in [0, 0.05) is 25.0 Å². The lowest BCUT2D eigenvalue weighted by Gasteiger charge is -2.12. The highest BCUT2D eigenvalue weighted by molar-refractivity contribution is 7.13. The number of hydrogen-bond acceptors (Lipinski definition) is 6. The van der Waals surface area contributed by atoms with E-state index in [2.05, 4.69) is 20.6 Å². The van der Waals surface area contributed by atoms with Crippen molar-refractivity contribution in [3.8, 4) is 10.6 Å². The minimum Gasteiger partial charge on any atom is -0.351 e. The van der Waals surface area contributed by atoms with Crippen LogP contribution in [-0.4, -0.2) is 48.0 Å². The number of anilines is 2. The fraction of sp³-hybridized carbons (Fsp3) is 0.211. The molecule has 1 amide bonds. The number of carbonyl (C=O) groups is 1. The molecule has 0 spiro atoms. The first-order chi connectivity index (χ1) is 13.0. The van der Waals surface area contributed by atoms with Gasteiger partial charge >= 0.3 is 0 Å². The normalized spacial score (nSPS) is 10.8. The van der Waals surface area contributed by atoms with Crippen LogP contribution < -0.4 is 10.6 Å². The van der Waals surface area contributed by atoms with Gasteiger partial charge in [-0.25, -0.2) is 9.97 Å². The van der Waals surface area contributed by atoms with Crippen molar-refractivity contribution in [3.05, 3.63) is 58.6 Å². The van der Waals surface area contributed by atoms with Crippen LogP contribution >= 0.6 is 22.9 Å². The van der Waals surface area contributed by atoms with Crippen LogP contribution in [0.3, 0.4) is 0 Å². The number of nitrogens with zero attached hydrogens (tertiary/aromatic N) is 3. The van der Waals surface area contributed by atoms with E-state index in [0.29, 0.717) is 28.8 Å². The molecule has 2 heterocycles. The second-order valence-electron chi connectivity index (χ2n) is 6.12. The van der Waals surface area contributed by atoms with E-state index >= 15 is 0 Å². The monoisotopic (exact) mass is 401 g/mol. The molecule has 27 heavy (non-hydrogen) atoms. The Morgan fingerprint density at radius 3 is 2.81 bits per heavy atom. The minimum absolute atomic E-state index is 0.190. The predicted molar refractivity (Wildman–Crippen MR) is 111 cm³/mol. The van der Waals surface area contributed by atoms with Crippen molar-refractivity contribution in [2.45, 2.75) is 0 Å². The Balaban J connectivity index is 1.69. The lowest BCUT2D eigenvalue weighted by atomic mass is 10.2. The first-order valence-corrected chi connectivity index (χ1v) is 9.65. The zero-order chi connectivity index (χ0) is 19.2. The van der Waals surface area contributed by atoms with Gasteiger partial charge in [0.15, 0.2) is 0 Å². The Kier molecular flexibility index (Phi) is 6.39. The molecule has 0 fully saturated rings. The third-order valence-corrected chi connectivity index (χ3v) is 4.95. The Bertz CT molecular complexity index is 914. The molecule has 0 aliphatic carbocycles. The highest BCUT2D eigenvalue weighted by Crippen LogP contribution is 2.25. The van der Waals surface area contributed by atoms with Gasteiger partial charge in [0.1, 0.15) is 0 Å². The van der Waals surface area contributed by atoms with Crippen LogP contribution in [0.4, 0.5) is 11.6 Å². The summed E-state index contributed by atoms with van der Waals surface area (Å²) < 4.78 is 0. The molecular formula is C19H20ClN5OS. The first-order valence-electron chi connectivity index (χ1n) is 8.39. The van der Waals surface area contributed by atoms with Crippen LogP contribution in [0.5, 0.6) is 0 Å². The summed E-state index contributed by atoms with van der Waals surface area (Å²) in [6.45, 7) is 1.33. The van der Waals surface area contributed by atoms with E-state index in [1.165, 1.54) is 0 Å². The SMILES string of the molecule is CN(C)CCNC(=O)c1ccc(Nc2nccc(-c3cccs3)n2)cc1Cl. The number of nitrogens with one attached hydrogen (secondary N) is 2. The standard InChI is InChI=1S/C19H20ClN5OS/c1-25(2)10-9-21-18(26)14-6-5-13(12-15(14)20)23-19-22-8-7-16(24-19)17-4-3-11-27-17/h3-8,11-12H,9-10H2,1-2H3,(H,21,26)(H,22,23,24). The molecule has 2 N–H and O–H groups in total. The molecule has 1 aromatic carbocycles. The predicted octanol–water partition coefficient (Wildman–Crippen LogP) is 3.89. The van der Waals surface area contributed by atoms with Crippen LogP contribution in [0.2, 0.25) is 5.02 Å². The van der Waals surface area contributed by atoms with Gasteiger partial charge in [0.2, 0.25) is 5.95 Å². The third kappa shape index (κ3) is 5.26. The number of hydrogen-bond donors (Lipinski definition) is 2. The fourth-order valence-corrected chi connectivity index (χ4v) is 3.34. The number of likely N-dealkylation sites (N-methyl/N-ethyl adjacent to an activating group) is 1. The maximum absolute atomic E-state index is 12.2. The quantitative estimate of drug-likeness (QED) is 0.628. The highest BCUT2D eigenvalue weighted by atomic mass is 35.5. The van der Waals surface area contributed by atoms with Crippen molar-refractivity contribution in [1.29, 1.82) is 0 Å². The van der Waals surface area contributed by atoms with Crippen LogP contribution in [0.25, 0.3) is 10.6 Å². The van der Waals surface area contributed by atoms with Gasteiger partial charge in [-0.2, -0.15) is 0 Å². The van der Waals surface area contributed by atoms with E-state index in [-0.39, 0.29) is 5.91 Å². The summed E-state index contributed by atoms with van der Waals surface area (Å²) in [6.07, 6.45) is 1.71. The van der Waals surface area contributed by atoms with Crippen molar-refractivity contribution in [2.75, 3.05) is 32.5 Å². The summed E-state index contributed by atoms with van der Waals surface area (Å²) in [5, 5.41) is 8.36. The Labute approximate surface area is 167 Å². The van der Waals surface area contributed by atoms with Crippen LogP contribution in [0, 0.1) is 0 Å². The number of aromatic nitrogens is 2. The number of thiophene rings is 1. The zero-order valence-corrected chi connectivity index (χ0v) is 16.6. The molecule has 3 aromatic rings. The average molecular weight is 402 g/mol. The van der Waals surface area contributed by atoms with Gasteiger partial charge in [0.25, 0.3) is 5.91 Å². The second kappa shape index (κ2) is 8.94. The maximum atomic E-state index is 12.2. The molecule has 0 unspecified atom stereocenters. The third-order valence-electron chi connectivity index (χ3n) is 3.74. The molecule has 140 valence electrons. The topological polar surface area (TPSA) is 70.2 Å². The van der Waals surface area contributed by atoms with E-state index in [1.807, 2.05) is 42.6 Å². The number of amides is 1. The van der Waals surface area contributed by atoms with Gasteiger partial charge in [-0.15, -0.1) is 11.3 Å². The van der Waals surface area contributed by atoms with Crippen LogP contribution in [0.15, 0.2) is 48.0 Å². The van der Waals surface area contributed by atoms with E-state index in [0.717, 1.165) is 17.1 Å². The zero-order valence-electron chi connectivity index (χ0n) is 15.1. The Morgan fingerprint density at radius 2 is 2.11 bits per heavy atom. The molecule has 8 heteroatoms. The molecule has 0 atom stereocenters. The molecule has 0 radical (unpaired) electrons. The summed E-state index contributed by atoms with van der Waals surface area (Å²) in [5.41, 5.74) is 2.01. The molecule has 0 saturated heterocycles. The van der Waals surface area contributed by atoms with Crippen molar-refractivity contribution in [1.82, 2.24) is 20.2 Å². The van der Waals surface area contributed by atoms with Crippen LogP contribution in [-0.2, 0) is 0 Å². The first kappa shape index (κ1) is 19.3. The summed E-state index contributed by atoms with van der Waals surface area (Å²) in [5.74, 6) is 0.282. The van der Waals surface area contributed by atoms with Crippen molar-refractivity contribution >= 4 is 40.5 Å². The number of benzene rings is 1. The number of rotatable bonds is 7. The minimum atomic E-state index is -0.190. The molecule has 0 aliphatic rings. The molecule has 6 nitrogen and oxygen atoms in total. The van der Waals surface area contributed by atoms with Gasteiger partial charge in [0.05, 0.1) is 21.2 Å². The summed E-state index contributed by atoms with van der Waals surface area (Å²) in [7, 11) is 3.91. The lowest BCUT2D eigenvalue weighted by molar-refractivity contribution is 0.0951. The van der Waals surface area contributed by atoms with Crippen LogP contribution in [0.1, 0.15) is 10.4 Å². The lowest BCUT2D eigenvalue weighted by Crippen LogP contribution is -2.31. The van der Waals surface area contributed by atoms with Gasteiger partial charge in [-0.05, 0) is 49.8 Å². The van der Waals surface area contributed by atoms with Crippen molar-refractivity contribution in [3.63, 3.8) is 0 Å². The average Bonchev–Trinajstić information content (AvgIpc) is 3.16. The molecule has 0 aliphatic heterocycles. The van der Waals surface area contributed by atoms with Crippen molar-refractivity contribution < 1.29 is 4.79 Å². The largest absolute Gasteiger partial charge is 0.351 e. The smallest absolute Gasteiger partial charge is 0.252 e. The molecule has 0 saturated carbocycles. The summed E-state index contributed by atoms with van der Waals surface area (Å²) in [4.78, 5) is 24.1. The van der Waals surface area contributed by atoms with Crippen molar-refractivity contribution in [2.24, 2.45) is 0 Å². The molecule has 2 aromatic heterocycles. The number of carbonyl (C=O) groups excluding carboxylic acids is 1. The van der Waals surface area contributed by atoms with E-state index in [1.54, 1.807) is 35.7 Å². The molecule has 0 bridgehead atoms. The Morgan fingerprint density at radius 1 is 1.26 bits per heavy atom. The Hall–Kier alpha value is -2.48. The van der Waals surface area contributed by atoms with E-state index in [9.17, 15) is 4.79 Å². The van der Waals surface area contributed by atoms with Gasteiger partial charge < -0.3 is 15.5 Å². The fourth-order valence-electron chi connectivity index (χ4n) is 2.37. The number of halogens is 1. The molecule has 3 rings (SSSR count).